The Bertz CT molecular complexity index is 318. The lowest BCUT2D eigenvalue weighted by atomic mass is 9.92. The molecule has 5 nitrogen and oxygen atoms in total. The lowest BCUT2D eigenvalue weighted by molar-refractivity contribution is 0.00990. The average Bonchev–Trinajstić information content (AvgIpc) is 2.48. The molecule has 0 unspecified atom stereocenters. The SMILES string of the molecule is CN=C(NCCC(C)(C)C)N1CCC(OCCCOC)CC1. The van der Waals surface area contributed by atoms with Crippen molar-refractivity contribution < 1.29 is 9.47 Å². The molecular weight excluding hydrogens is 278 g/mol. The Balaban J connectivity index is 2.24. The molecule has 0 aromatic heterocycles. The van der Waals surface area contributed by atoms with Gasteiger partial charge in [0.25, 0.3) is 0 Å². The summed E-state index contributed by atoms with van der Waals surface area (Å²) in [5.41, 5.74) is 0.356. The monoisotopic (exact) mass is 313 g/mol. The van der Waals surface area contributed by atoms with Gasteiger partial charge in [0.1, 0.15) is 0 Å². The summed E-state index contributed by atoms with van der Waals surface area (Å²) >= 11 is 0. The van der Waals surface area contributed by atoms with Crippen LogP contribution in [0.15, 0.2) is 4.99 Å². The highest BCUT2D eigenvalue weighted by molar-refractivity contribution is 5.79. The van der Waals surface area contributed by atoms with Crippen LogP contribution in [-0.4, -0.2) is 64.0 Å². The number of likely N-dealkylation sites (tertiary alicyclic amines) is 1. The first kappa shape index (κ1) is 19.2. The molecule has 5 heteroatoms. The van der Waals surface area contributed by atoms with E-state index in [2.05, 4.69) is 36.0 Å². The van der Waals surface area contributed by atoms with E-state index in [0.717, 1.165) is 64.5 Å². The third-order valence-corrected chi connectivity index (χ3v) is 3.96. The number of ether oxygens (including phenoxy) is 2. The molecule has 0 atom stereocenters. The van der Waals surface area contributed by atoms with Crippen LogP contribution in [0.5, 0.6) is 0 Å². The number of aliphatic imine (C=N–C) groups is 1. The third kappa shape index (κ3) is 7.99. The minimum atomic E-state index is 0.356. The summed E-state index contributed by atoms with van der Waals surface area (Å²) in [5, 5.41) is 3.49. The van der Waals surface area contributed by atoms with Crippen LogP contribution in [0.4, 0.5) is 0 Å². The Labute approximate surface area is 136 Å². The van der Waals surface area contributed by atoms with Gasteiger partial charge >= 0.3 is 0 Å². The van der Waals surface area contributed by atoms with Crippen molar-refractivity contribution in [2.75, 3.05) is 47.0 Å². The number of nitrogens with zero attached hydrogens (tertiary/aromatic N) is 2. The zero-order valence-corrected chi connectivity index (χ0v) is 15.2. The van der Waals surface area contributed by atoms with Crippen molar-refractivity contribution in [1.82, 2.24) is 10.2 Å². The molecule has 1 N–H and O–H groups in total. The average molecular weight is 313 g/mol. The van der Waals surface area contributed by atoms with Crippen LogP contribution < -0.4 is 5.32 Å². The Morgan fingerprint density at radius 1 is 1.23 bits per heavy atom. The van der Waals surface area contributed by atoms with Crippen molar-refractivity contribution in [3.05, 3.63) is 0 Å². The van der Waals surface area contributed by atoms with E-state index >= 15 is 0 Å². The van der Waals surface area contributed by atoms with Gasteiger partial charge in [0, 0.05) is 47.0 Å². The van der Waals surface area contributed by atoms with E-state index in [-0.39, 0.29) is 0 Å². The van der Waals surface area contributed by atoms with E-state index in [1.54, 1.807) is 7.11 Å². The molecule has 0 aromatic rings. The number of hydrogen-bond donors (Lipinski definition) is 1. The Hall–Kier alpha value is -0.810. The number of hydrogen-bond acceptors (Lipinski definition) is 3. The van der Waals surface area contributed by atoms with Gasteiger partial charge in [0.2, 0.25) is 0 Å². The Morgan fingerprint density at radius 2 is 1.91 bits per heavy atom. The van der Waals surface area contributed by atoms with Crippen molar-refractivity contribution in [1.29, 1.82) is 0 Å². The molecule has 1 aliphatic rings. The standard InChI is InChI=1S/C17H35N3O2/c1-17(2,3)9-10-19-16(18-4)20-11-7-15(8-12-20)22-14-6-13-21-5/h15H,6-14H2,1-5H3,(H,18,19). The molecule has 22 heavy (non-hydrogen) atoms. The molecule has 1 saturated heterocycles. The maximum absolute atomic E-state index is 5.91. The molecular formula is C17H35N3O2. The minimum Gasteiger partial charge on any atom is -0.385 e. The van der Waals surface area contributed by atoms with Gasteiger partial charge in [0.15, 0.2) is 5.96 Å². The van der Waals surface area contributed by atoms with E-state index in [1.165, 1.54) is 0 Å². The number of rotatable bonds is 7. The van der Waals surface area contributed by atoms with Crippen LogP contribution >= 0.6 is 0 Å². The third-order valence-electron chi connectivity index (χ3n) is 3.96. The van der Waals surface area contributed by atoms with Crippen LogP contribution in [0.2, 0.25) is 0 Å². The molecule has 0 aliphatic carbocycles. The summed E-state index contributed by atoms with van der Waals surface area (Å²) < 4.78 is 10.9. The molecule has 1 aliphatic heterocycles. The predicted molar refractivity (Wildman–Crippen MR) is 92.5 cm³/mol. The quantitative estimate of drug-likeness (QED) is 0.446. The molecule has 0 amide bonds. The maximum atomic E-state index is 5.91. The van der Waals surface area contributed by atoms with Gasteiger partial charge in [-0.15, -0.1) is 0 Å². The van der Waals surface area contributed by atoms with E-state index < -0.39 is 0 Å². The zero-order chi connectivity index (χ0) is 16.4. The lowest BCUT2D eigenvalue weighted by Crippen LogP contribution is -2.47. The van der Waals surface area contributed by atoms with Gasteiger partial charge in [-0.05, 0) is 31.1 Å². The van der Waals surface area contributed by atoms with Gasteiger partial charge in [-0.2, -0.15) is 0 Å². The first-order chi connectivity index (χ1) is 10.5. The van der Waals surface area contributed by atoms with Crippen molar-refractivity contribution >= 4 is 5.96 Å². The molecule has 1 heterocycles. The second-order valence-electron chi connectivity index (χ2n) is 7.19. The summed E-state index contributed by atoms with van der Waals surface area (Å²) in [6.07, 6.45) is 4.67. The highest BCUT2D eigenvalue weighted by atomic mass is 16.5. The number of nitrogens with one attached hydrogen (secondary N) is 1. The molecule has 0 saturated carbocycles. The molecule has 0 spiro atoms. The first-order valence-corrected chi connectivity index (χ1v) is 8.52. The fourth-order valence-corrected chi connectivity index (χ4v) is 2.57. The lowest BCUT2D eigenvalue weighted by Gasteiger charge is -2.34. The van der Waals surface area contributed by atoms with E-state index in [0.29, 0.717) is 11.5 Å². The summed E-state index contributed by atoms with van der Waals surface area (Å²) in [7, 11) is 3.60. The highest BCUT2D eigenvalue weighted by Gasteiger charge is 2.22. The van der Waals surface area contributed by atoms with Crippen LogP contribution in [0.25, 0.3) is 0 Å². The molecule has 130 valence electrons. The van der Waals surface area contributed by atoms with Crippen LogP contribution in [-0.2, 0) is 9.47 Å². The first-order valence-electron chi connectivity index (χ1n) is 8.52. The van der Waals surface area contributed by atoms with E-state index in [9.17, 15) is 0 Å². The minimum absolute atomic E-state index is 0.356. The number of methoxy groups -OCH3 is 1. The normalized spacial score (nSPS) is 17.9. The van der Waals surface area contributed by atoms with Crippen molar-refractivity contribution in [3.63, 3.8) is 0 Å². The van der Waals surface area contributed by atoms with Gasteiger partial charge in [0.05, 0.1) is 6.10 Å². The number of guanidine groups is 1. The Morgan fingerprint density at radius 3 is 2.45 bits per heavy atom. The maximum Gasteiger partial charge on any atom is 0.193 e. The van der Waals surface area contributed by atoms with Crippen LogP contribution in [0.3, 0.4) is 0 Å². The van der Waals surface area contributed by atoms with Gasteiger partial charge in [-0.1, -0.05) is 20.8 Å². The zero-order valence-electron chi connectivity index (χ0n) is 15.2. The summed E-state index contributed by atoms with van der Waals surface area (Å²) in [6.45, 7) is 11.4. The van der Waals surface area contributed by atoms with Crippen molar-refractivity contribution in [3.8, 4) is 0 Å². The number of piperidine rings is 1. The second-order valence-corrected chi connectivity index (χ2v) is 7.19. The summed E-state index contributed by atoms with van der Waals surface area (Å²) in [5.74, 6) is 1.03. The van der Waals surface area contributed by atoms with Gasteiger partial charge in [-0.3, -0.25) is 4.99 Å². The van der Waals surface area contributed by atoms with E-state index in [4.69, 9.17) is 9.47 Å². The molecule has 0 aromatic carbocycles. The predicted octanol–water partition coefficient (Wildman–Crippen LogP) is 2.52. The summed E-state index contributed by atoms with van der Waals surface area (Å²) in [6, 6.07) is 0. The smallest absolute Gasteiger partial charge is 0.193 e. The second kappa shape index (κ2) is 10.1. The topological polar surface area (TPSA) is 46.1 Å². The molecule has 0 radical (unpaired) electrons. The molecule has 0 bridgehead atoms. The fraction of sp³-hybridized carbons (Fsp3) is 0.941. The summed E-state index contributed by atoms with van der Waals surface area (Å²) in [4.78, 5) is 6.76. The van der Waals surface area contributed by atoms with Gasteiger partial charge < -0.3 is 19.7 Å². The van der Waals surface area contributed by atoms with Crippen LogP contribution in [0.1, 0.15) is 46.5 Å². The van der Waals surface area contributed by atoms with Crippen molar-refractivity contribution in [2.45, 2.75) is 52.6 Å². The van der Waals surface area contributed by atoms with Crippen LogP contribution in [0, 0.1) is 5.41 Å². The largest absolute Gasteiger partial charge is 0.385 e. The Kier molecular flexibility index (Phi) is 8.79. The fourth-order valence-electron chi connectivity index (χ4n) is 2.57. The van der Waals surface area contributed by atoms with E-state index in [1.807, 2.05) is 7.05 Å². The molecule has 1 rings (SSSR count). The van der Waals surface area contributed by atoms with Crippen molar-refractivity contribution in [2.24, 2.45) is 10.4 Å². The molecule has 1 fully saturated rings. The highest BCUT2D eigenvalue weighted by Crippen LogP contribution is 2.17. The van der Waals surface area contributed by atoms with Gasteiger partial charge in [-0.25, -0.2) is 0 Å².